The van der Waals surface area contributed by atoms with E-state index in [9.17, 15) is 22.4 Å². The fourth-order valence-corrected chi connectivity index (χ4v) is 1.62. The van der Waals surface area contributed by atoms with Gasteiger partial charge < -0.3 is 5.32 Å². The Labute approximate surface area is 120 Å². The van der Waals surface area contributed by atoms with Crippen LogP contribution in [0.4, 0.5) is 23.2 Å². The van der Waals surface area contributed by atoms with Crippen LogP contribution in [0.25, 0.3) is 5.69 Å². The molecule has 1 aromatic carbocycles. The van der Waals surface area contributed by atoms with Gasteiger partial charge in [-0.25, -0.2) is 18.4 Å². The number of nitrogens with zero attached hydrogens (tertiary/aromatic N) is 3. The number of aromatic nitrogens is 3. The van der Waals surface area contributed by atoms with Crippen molar-refractivity contribution in [2.24, 2.45) is 0 Å². The zero-order chi connectivity index (χ0) is 15.6. The van der Waals surface area contributed by atoms with E-state index in [0.29, 0.717) is 0 Å². The number of halogens is 5. The second kappa shape index (κ2) is 5.68. The van der Waals surface area contributed by atoms with Crippen LogP contribution in [0.1, 0.15) is 0 Å². The van der Waals surface area contributed by atoms with E-state index < -0.39 is 18.3 Å². The molecule has 0 bridgehead atoms. The van der Waals surface area contributed by atoms with E-state index >= 15 is 0 Å². The summed E-state index contributed by atoms with van der Waals surface area (Å²) in [5.74, 6) is -6.96. The highest BCUT2D eigenvalue weighted by Gasteiger charge is 2.49. The summed E-state index contributed by atoms with van der Waals surface area (Å²) >= 11 is 5.71. The summed E-state index contributed by atoms with van der Waals surface area (Å²) in [7, 11) is 0. The molecule has 0 atom stereocenters. The maximum atomic E-state index is 13.0. The Hall–Kier alpha value is -2.16. The second-order valence-corrected chi connectivity index (χ2v) is 4.32. The third kappa shape index (κ3) is 3.13. The van der Waals surface area contributed by atoms with Crippen molar-refractivity contribution < 1.29 is 22.4 Å². The number of anilines is 1. The highest BCUT2D eigenvalue weighted by atomic mass is 35.5. The van der Waals surface area contributed by atoms with Gasteiger partial charge in [0.05, 0.1) is 11.4 Å². The predicted octanol–water partition coefficient (Wildman–Crippen LogP) is 2.76. The van der Waals surface area contributed by atoms with Crippen molar-refractivity contribution in [1.82, 2.24) is 14.8 Å². The van der Waals surface area contributed by atoms with Crippen molar-refractivity contribution in [3.05, 3.63) is 35.9 Å². The molecule has 0 aliphatic heterocycles. The summed E-state index contributed by atoms with van der Waals surface area (Å²) < 4.78 is 51.4. The summed E-state index contributed by atoms with van der Waals surface area (Å²) in [5.41, 5.74) is -0.0476. The molecule has 2 aromatic rings. The van der Waals surface area contributed by atoms with Crippen LogP contribution >= 0.6 is 11.6 Å². The highest BCUT2D eigenvalue weighted by Crippen LogP contribution is 2.28. The molecule has 112 valence electrons. The number of benzene rings is 1. The average Bonchev–Trinajstić information content (AvgIpc) is 2.92. The summed E-state index contributed by atoms with van der Waals surface area (Å²) in [6, 6.07) is 3.92. The van der Waals surface area contributed by atoms with Gasteiger partial charge in [0.15, 0.2) is 0 Å². The lowest BCUT2D eigenvalue weighted by Gasteiger charge is -2.16. The smallest absolute Gasteiger partial charge is 0.319 e. The molecule has 0 aliphatic rings. The van der Waals surface area contributed by atoms with Crippen LogP contribution in [0, 0.1) is 0 Å². The van der Waals surface area contributed by atoms with E-state index in [1.54, 1.807) is 5.32 Å². The molecule has 2 rings (SSSR count). The Morgan fingerprint density at radius 1 is 1.38 bits per heavy atom. The van der Waals surface area contributed by atoms with Gasteiger partial charge in [0.2, 0.25) is 0 Å². The molecule has 1 aromatic heterocycles. The Morgan fingerprint density at radius 2 is 2.10 bits per heavy atom. The van der Waals surface area contributed by atoms with Crippen LogP contribution in [0.2, 0.25) is 5.02 Å². The molecule has 0 saturated heterocycles. The lowest BCUT2D eigenvalue weighted by Crippen LogP contribution is -2.41. The first-order valence-corrected chi connectivity index (χ1v) is 5.82. The predicted molar refractivity (Wildman–Crippen MR) is 65.9 cm³/mol. The van der Waals surface area contributed by atoms with E-state index in [-0.39, 0.29) is 16.4 Å². The quantitative estimate of drug-likeness (QED) is 0.881. The van der Waals surface area contributed by atoms with Gasteiger partial charge in [0.25, 0.3) is 0 Å². The molecule has 1 heterocycles. The molecule has 1 amide bonds. The second-order valence-electron chi connectivity index (χ2n) is 3.88. The summed E-state index contributed by atoms with van der Waals surface area (Å²) in [5, 5.41) is 5.60. The van der Waals surface area contributed by atoms with Gasteiger partial charge in [-0.05, 0) is 18.2 Å². The van der Waals surface area contributed by atoms with Crippen molar-refractivity contribution >= 4 is 23.2 Å². The largest absolute Gasteiger partial charge is 0.383 e. The van der Waals surface area contributed by atoms with E-state index in [1.165, 1.54) is 24.8 Å². The third-order valence-electron chi connectivity index (χ3n) is 2.45. The maximum absolute atomic E-state index is 13.0. The molecule has 0 fully saturated rings. The maximum Gasteiger partial charge on any atom is 0.383 e. The standard InChI is InChI=1S/C11H7ClF4N4O/c12-6-1-2-8(20-5-17-4-18-20)7(3-6)19-10(21)11(15,16)9(13)14/h1-5,9H,(H,19,21). The van der Waals surface area contributed by atoms with Crippen LogP contribution in [0.15, 0.2) is 30.9 Å². The molecule has 1 N–H and O–H groups in total. The number of carbonyl (C=O) groups is 1. The van der Waals surface area contributed by atoms with Gasteiger partial charge in [-0.15, -0.1) is 0 Å². The van der Waals surface area contributed by atoms with Gasteiger partial charge in [0, 0.05) is 5.02 Å². The zero-order valence-corrected chi connectivity index (χ0v) is 10.9. The number of amides is 1. The number of hydrogen-bond acceptors (Lipinski definition) is 3. The summed E-state index contributed by atoms with van der Waals surface area (Å²) in [6.07, 6.45) is -1.70. The Morgan fingerprint density at radius 3 is 2.67 bits per heavy atom. The minimum Gasteiger partial charge on any atom is -0.319 e. The number of nitrogens with one attached hydrogen (secondary N) is 1. The van der Waals surface area contributed by atoms with Crippen molar-refractivity contribution in [2.45, 2.75) is 12.3 Å². The zero-order valence-electron chi connectivity index (χ0n) is 10.1. The highest BCUT2D eigenvalue weighted by molar-refractivity contribution is 6.31. The minimum atomic E-state index is -4.82. The van der Waals surface area contributed by atoms with E-state index in [0.717, 1.165) is 10.7 Å². The van der Waals surface area contributed by atoms with Crippen molar-refractivity contribution in [3.8, 4) is 5.69 Å². The molecule has 10 heteroatoms. The first kappa shape index (κ1) is 15.2. The van der Waals surface area contributed by atoms with E-state index in [2.05, 4.69) is 10.1 Å². The van der Waals surface area contributed by atoms with Crippen LogP contribution in [-0.4, -0.2) is 33.0 Å². The number of alkyl halides is 4. The first-order chi connectivity index (χ1) is 9.82. The van der Waals surface area contributed by atoms with Gasteiger partial charge in [-0.1, -0.05) is 11.6 Å². The van der Waals surface area contributed by atoms with Crippen LogP contribution in [0.3, 0.4) is 0 Å². The first-order valence-electron chi connectivity index (χ1n) is 5.44. The van der Waals surface area contributed by atoms with Crippen LogP contribution < -0.4 is 5.32 Å². The van der Waals surface area contributed by atoms with Gasteiger partial charge in [-0.2, -0.15) is 13.9 Å². The molecule has 5 nitrogen and oxygen atoms in total. The fraction of sp³-hybridized carbons (Fsp3) is 0.182. The van der Waals surface area contributed by atoms with Gasteiger partial charge in [0.1, 0.15) is 12.7 Å². The van der Waals surface area contributed by atoms with Crippen LogP contribution in [-0.2, 0) is 4.79 Å². The molecule has 0 radical (unpaired) electrons. The summed E-state index contributed by atoms with van der Waals surface area (Å²) in [4.78, 5) is 14.9. The number of carbonyl (C=O) groups excluding carboxylic acids is 1. The topological polar surface area (TPSA) is 59.8 Å². The monoisotopic (exact) mass is 322 g/mol. The van der Waals surface area contributed by atoms with Gasteiger partial charge >= 0.3 is 18.3 Å². The third-order valence-corrected chi connectivity index (χ3v) is 2.68. The molecule has 0 unspecified atom stereocenters. The molecule has 0 aliphatic carbocycles. The molecule has 0 spiro atoms. The summed E-state index contributed by atoms with van der Waals surface area (Å²) in [6.45, 7) is 0. The number of rotatable bonds is 4. The molecular weight excluding hydrogens is 316 g/mol. The van der Waals surface area contributed by atoms with E-state index in [1.807, 2.05) is 0 Å². The normalized spacial score (nSPS) is 11.7. The lowest BCUT2D eigenvalue weighted by atomic mass is 10.2. The Kier molecular flexibility index (Phi) is 4.12. The SMILES string of the molecule is O=C(Nc1cc(Cl)ccc1-n1cncn1)C(F)(F)C(F)F. The molecule has 0 saturated carbocycles. The van der Waals surface area contributed by atoms with Crippen molar-refractivity contribution in [1.29, 1.82) is 0 Å². The Balaban J connectivity index is 2.36. The van der Waals surface area contributed by atoms with Gasteiger partial charge in [-0.3, -0.25) is 4.79 Å². The minimum absolute atomic E-state index is 0.120. The molecule has 21 heavy (non-hydrogen) atoms. The Bertz CT molecular complexity index is 648. The van der Waals surface area contributed by atoms with E-state index in [4.69, 9.17) is 11.6 Å². The van der Waals surface area contributed by atoms with Crippen LogP contribution in [0.5, 0.6) is 0 Å². The lowest BCUT2D eigenvalue weighted by molar-refractivity contribution is -0.163. The molecular formula is C11H7ClF4N4O. The van der Waals surface area contributed by atoms with Crippen molar-refractivity contribution in [3.63, 3.8) is 0 Å². The van der Waals surface area contributed by atoms with Crippen molar-refractivity contribution in [2.75, 3.05) is 5.32 Å². The number of hydrogen-bond donors (Lipinski definition) is 1. The average molecular weight is 323 g/mol. The fourth-order valence-electron chi connectivity index (χ4n) is 1.45.